The molecular weight excluding hydrogens is 252 g/mol. The van der Waals surface area contributed by atoms with Crippen molar-refractivity contribution >= 4 is 5.69 Å². The highest BCUT2D eigenvalue weighted by Gasteiger charge is 2.13. The zero-order valence-corrected chi connectivity index (χ0v) is 11.4. The van der Waals surface area contributed by atoms with Gasteiger partial charge in [-0.25, -0.2) is 0 Å². The molecule has 6 heteroatoms. The predicted molar refractivity (Wildman–Crippen MR) is 77.1 cm³/mol. The summed E-state index contributed by atoms with van der Waals surface area (Å²) in [6.07, 6.45) is 3.45. The lowest BCUT2D eigenvalue weighted by Gasteiger charge is -2.16. The molecule has 3 rings (SSSR count). The van der Waals surface area contributed by atoms with E-state index in [4.69, 9.17) is 0 Å². The molecule has 2 aromatic heterocycles. The Bertz CT molecular complexity index is 685. The predicted octanol–water partition coefficient (Wildman–Crippen LogP) is 2.38. The van der Waals surface area contributed by atoms with Crippen molar-refractivity contribution < 1.29 is 0 Å². The summed E-state index contributed by atoms with van der Waals surface area (Å²) in [5, 5.41) is 18.5. The Hall–Kier alpha value is -2.63. The first-order valence-corrected chi connectivity index (χ1v) is 6.45. The molecule has 0 fully saturated rings. The quantitative estimate of drug-likeness (QED) is 0.762. The maximum absolute atomic E-state index is 4.17. The SMILES string of the molecule is CC(Nc1ccccc1-c1nncn1C)c1ccn[nH]1. The van der Waals surface area contributed by atoms with Crippen molar-refractivity contribution in [3.63, 3.8) is 0 Å². The van der Waals surface area contributed by atoms with E-state index in [0.717, 1.165) is 22.8 Å². The number of aromatic amines is 1. The summed E-state index contributed by atoms with van der Waals surface area (Å²) in [5.41, 5.74) is 3.09. The molecule has 20 heavy (non-hydrogen) atoms. The number of nitrogens with zero attached hydrogens (tertiary/aromatic N) is 4. The number of rotatable bonds is 4. The smallest absolute Gasteiger partial charge is 0.165 e. The molecule has 102 valence electrons. The van der Waals surface area contributed by atoms with Crippen LogP contribution in [0.3, 0.4) is 0 Å². The maximum Gasteiger partial charge on any atom is 0.165 e. The largest absolute Gasteiger partial charge is 0.376 e. The normalized spacial score (nSPS) is 12.3. The van der Waals surface area contributed by atoms with Crippen LogP contribution in [0.2, 0.25) is 0 Å². The van der Waals surface area contributed by atoms with Crippen molar-refractivity contribution in [2.24, 2.45) is 7.05 Å². The summed E-state index contributed by atoms with van der Waals surface area (Å²) in [6.45, 7) is 2.08. The number of aromatic nitrogens is 5. The molecule has 2 heterocycles. The van der Waals surface area contributed by atoms with Crippen molar-refractivity contribution in [2.75, 3.05) is 5.32 Å². The Morgan fingerprint density at radius 3 is 2.80 bits per heavy atom. The van der Waals surface area contributed by atoms with Crippen LogP contribution < -0.4 is 5.32 Å². The second-order valence-electron chi connectivity index (χ2n) is 4.69. The fourth-order valence-electron chi connectivity index (χ4n) is 2.15. The van der Waals surface area contributed by atoms with Crippen LogP contribution in [0.25, 0.3) is 11.4 Å². The highest BCUT2D eigenvalue weighted by atomic mass is 15.2. The molecule has 0 aliphatic rings. The molecule has 1 atom stereocenters. The van der Waals surface area contributed by atoms with Gasteiger partial charge in [0.2, 0.25) is 0 Å². The molecule has 0 radical (unpaired) electrons. The minimum Gasteiger partial charge on any atom is -0.376 e. The molecule has 0 aliphatic carbocycles. The van der Waals surface area contributed by atoms with Gasteiger partial charge in [0.15, 0.2) is 5.82 Å². The summed E-state index contributed by atoms with van der Waals surface area (Å²) >= 11 is 0. The van der Waals surface area contributed by atoms with Gasteiger partial charge in [0.25, 0.3) is 0 Å². The lowest BCUT2D eigenvalue weighted by atomic mass is 10.1. The Morgan fingerprint density at radius 2 is 2.10 bits per heavy atom. The van der Waals surface area contributed by atoms with Crippen LogP contribution in [0, 0.1) is 0 Å². The fraction of sp³-hybridized carbons (Fsp3) is 0.214. The summed E-state index contributed by atoms with van der Waals surface area (Å²) < 4.78 is 1.90. The Balaban J connectivity index is 1.93. The van der Waals surface area contributed by atoms with E-state index in [1.165, 1.54) is 0 Å². The van der Waals surface area contributed by atoms with E-state index in [1.807, 2.05) is 41.9 Å². The summed E-state index contributed by atoms with van der Waals surface area (Å²) in [7, 11) is 1.93. The third kappa shape index (κ3) is 2.27. The minimum atomic E-state index is 0.131. The number of H-pyrrole nitrogens is 1. The van der Waals surface area contributed by atoms with Gasteiger partial charge < -0.3 is 9.88 Å². The van der Waals surface area contributed by atoms with Gasteiger partial charge in [0.05, 0.1) is 11.7 Å². The molecule has 1 aromatic carbocycles. The van der Waals surface area contributed by atoms with Gasteiger partial charge in [0.1, 0.15) is 6.33 Å². The second-order valence-corrected chi connectivity index (χ2v) is 4.69. The summed E-state index contributed by atoms with van der Waals surface area (Å²) in [5.74, 6) is 0.838. The number of nitrogens with one attached hydrogen (secondary N) is 2. The van der Waals surface area contributed by atoms with Crippen LogP contribution in [0.1, 0.15) is 18.7 Å². The van der Waals surface area contributed by atoms with Gasteiger partial charge in [-0.2, -0.15) is 5.10 Å². The van der Waals surface area contributed by atoms with Crippen LogP contribution in [-0.4, -0.2) is 25.0 Å². The Kier molecular flexibility index (Phi) is 3.20. The van der Waals surface area contributed by atoms with E-state index >= 15 is 0 Å². The zero-order chi connectivity index (χ0) is 13.9. The highest BCUT2D eigenvalue weighted by Crippen LogP contribution is 2.28. The number of aryl methyl sites for hydroxylation is 1. The van der Waals surface area contributed by atoms with E-state index in [9.17, 15) is 0 Å². The molecule has 0 saturated carbocycles. The molecule has 0 aliphatic heterocycles. The van der Waals surface area contributed by atoms with Gasteiger partial charge in [-0.15, -0.1) is 10.2 Å². The third-order valence-electron chi connectivity index (χ3n) is 3.24. The van der Waals surface area contributed by atoms with Gasteiger partial charge in [0, 0.05) is 24.5 Å². The van der Waals surface area contributed by atoms with Gasteiger partial charge in [-0.3, -0.25) is 5.10 Å². The van der Waals surface area contributed by atoms with Gasteiger partial charge >= 0.3 is 0 Å². The van der Waals surface area contributed by atoms with E-state index in [-0.39, 0.29) is 6.04 Å². The first-order valence-electron chi connectivity index (χ1n) is 6.45. The number of benzene rings is 1. The molecular formula is C14H16N6. The average Bonchev–Trinajstić information content (AvgIpc) is 3.10. The lowest BCUT2D eigenvalue weighted by molar-refractivity contribution is 0.825. The van der Waals surface area contributed by atoms with Crippen molar-refractivity contribution in [3.05, 3.63) is 48.5 Å². The second kappa shape index (κ2) is 5.16. The van der Waals surface area contributed by atoms with Crippen LogP contribution in [0.15, 0.2) is 42.9 Å². The Morgan fingerprint density at radius 1 is 1.25 bits per heavy atom. The van der Waals surface area contributed by atoms with Crippen LogP contribution >= 0.6 is 0 Å². The standard InChI is InChI=1S/C14H16N6/c1-10(12-7-8-15-18-12)17-13-6-4-3-5-11(13)14-19-16-9-20(14)2/h3-10,17H,1-2H3,(H,15,18). The monoisotopic (exact) mass is 268 g/mol. The number of hydrogen-bond acceptors (Lipinski definition) is 4. The van der Waals surface area contributed by atoms with E-state index in [1.54, 1.807) is 12.5 Å². The molecule has 6 nitrogen and oxygen atoms in total. The topological polar surface area (TPSA) is 71.4 Å². The number of para-hydroxylation sites is 1. The van der Waals surface area contributed by atoms with E-state index in [2.05, 4.69) is 32.6 Å². The Labute approximate surface area is 116 Å². The van der Waals surface area contributed by atoms with Crippen molar-refractivity contribution in [1.82, 2.24) is 25.0 Å². The van der Waals surface area contributed by atoms with E-state index in [0.29, 0.717) is 0 Å². The molecule has 0 amide bonds. The molecule has 1 unspecified atom stereocenters. The summed E-state index contributed by atoms with van der Waals surface area (Å²) in [4.78, 5) is 0. The third-order valence-corrected chi connectivity index (χ3v) is 3.24. The fourth-order valence-corrected chi connectivity index (χ4v) is 2.15. The molecule has 0 spiro atoms. The van der Waals surface area contributed by atoms with Crippen molar-refractivity contribution in [1.29, 1.82) is 0 Å². The lowest BCUT2D eigenvalue weighted by Crippen LogP contribution is -2.08. The van der Waals surface area contributed by atoms with E-state index < -0.39 is 0 Å². The minimum absolute atomic E-state index is 0.131. The van der Waals surface area contributed by atoms with Gasteiger partial charge in [-0.1, -0.05) is 12.1 Å². The molecule has 3 aromatic rings. The number of hydrogen-bond donors (Lipinski definition) is 2. The maximum atomic E-state index is 4.17. The van der Waals surface area contributed by atoms with Crippen LogP contribution in [0.5, 0.6) is 0 Å². The average molecular weight is 268 g/mol. The van der Waals surface area contributed by atoms with Crippen LogP contribution in [0.4, 0.5) is 5.69 Å². The molecule has 0 bridgehead atoms. The first-order chi connectivity index (χ1) is 9.75. The highest BCUT2D eigenvalue weighted by molar-refractivity contribution is 5.73. The van der Waals surface area contributed by atoms with Gasteiger partial charge in [-0.05, 0) is 25.1 Å². The number of anilines is 1. The van der Waals surface area contributed by atoms with Crippen molar-refractivity contribution in [3.8, 4) is 11.4 Å². The zero-order valence-electron chi connectivity index (χ0n) is 11.4. The summed E-state index contributed by atoms with van der Waals surface area (Å²) in [6, 6.07) is 10.2. The molecule has 0 saturated heterocycles. The van der Waals surface area contributed by atoms with Crippen molar-refractivity contribution in [2.45, 2.75) is 13.0 Å². The molecule has 2 N–H and O–H groups in total. The first kappa shape index (κ1) is 12.4. The van der Waals surface area contributed by atoms with Crippen LogP contribution in [-0.2, 0) is 7.05 Å².